The van der Waals surface area contributed by atoms with E-state index in [-0.39, 0.29) is 24.0 Å². The van der Waals surface area contributed by atoms with Gasteiger partial charge >= 0.3 is 0 Å². The zero-order valence-electron chi connectivity index (χ0n) is 13.7. The van der Waals surface area contributed by atoms with Crippen LogP contribution in [0.15, 0.2) is 23.5 Å². The third-order valence-corrected chi connectivity index (χ3v) is 2.98. The van der Waals surface area contributed by atoms with Crippen molar-refractivity contribution in [3.63, 3.8) is 0 Å². The molecule has 1 aromatic heterocycles. The molecule has 0 aliphatic heterocycles. The van der Waals surface area contributed by atoms with Gasteiger partial charge in [0.1, 0.15) is 0 Å². The lowest BCUT2D eigenvalue weighted by molar-refractivity contribution is 0.458. The van der Waals surface area contributed by atoms with E-state index in [1.54, 1.807) is 0 Å². The summed E-state index contributed by atoms with van der Waals surface area (Å²) >= 11 is 0. The quantitative estimate of drug-likeness (QED) is 0.396. The number of aromatic nitrogens is 2. The van der Waals surface area contributed by atoms with Crippen molar-refractivity contribution in [3.05, 3.63) is 18.5 Å². The maximum Gasteiger partial charge on any atom is 0.191 e. The molecule has 0 amide bonds. The molecule has 0 aliphatic carbocycles. The number of hydrogen-bond donors (Lipinski definition) is 2. The number of halogens is 1. The van der Waals surface area contributed by atoms with E-state index in [4.69, 9.17) is 0 Å². The van der Waals surface area contributed by atoms with Crippen LogP contribution < -0.4 is 10.6 Å². The number of aliphatic imine (C=N–C) groups is 1. The SMILES string of the molecule is CCNC(=NCC(C)Cn1cccn1)NCCC(C)C.I. The fourth-order valence-electron chi connectivity index (χ4n) is 1.85. The summed E-state index contributed by atoms with van der Waals surface area (Å²) in [5.41, 5.74) is 0. The van der Waals surface area contributed by atoms with Gasteiger partial charge in [-0.3, -0.25) is 9.67 Å². The largest absolute Gasteiger partial charge is 0.357 e. The smallest absolute Gasteiger partial charge is 0.191 e. The minimum atomic E-state index is 0. The van der Waals surface area contributed by atoms with Crippen molar-refractivity contribution in [1.82, 2.24) is 20.4 Å². The monoisotopic (exact) mass is 407 g/mol. The number of nitrogens with zero attached hydrogens (tertiary/aromatic N) is 3. The normalized spacial score (nSPS) is 12.9. The van der Waals surface area contributed by atoms with Crippen molar-refractivity contribution in [2.75, 3.05) is 19.6 Å². The molecular formula is C15H30IN5. The number of rotatable bonds is 8. The molecule has 0 aromatic carbocycles. The summed E-state index contributed by atoms with van der Waals surface area (Å²) in [6.45, 7) is 12.3. The molecule has 0 spiro atoms. The van der Waals surface area contributed by atoms with E-state index in [1.165, 1.54) is 0 Å². The minimum Gasteiger partial charge on any atom is -0.357 e. The van der Waals surface area contributed by atoms with Crippen LogP contribution in [-0.2, 0) is 6.54 Å². The van der Waals surface area contributed by atoms with Crippen LogP contribution in [-0.4, -0.2) is 35.4 Å². The molecule has 0 saturated carbocycles. The van der Waals surface area contributed by atoms with Crippen molar-refractivity contribution in [1.29, 1.82) is 0 Å². The summed E-state index contributed by atoms with van der Waals surface area (Å²) in [6, 6.07) is 1.95. The van der Waals surface area contributed by atoms with Crippen LogP contribution in [0, 0.1) is 11.8 Å². The highest BCUT2D eigenvalue weighted by Gasteiger charge is 2.04. The Hall–Kier alpha value is -0.790. The highest BCUT2D eigenvalue weighted by Crippen LogP contribution is 2.00. The fraction of sp³-hybridized carbons (Fsp3) is 0.733. The number of nitrogens with one attached hydrogen (secondary N) is 2. The Balaban J connectivity index is 0.00000400. The number of guanidine groups is 1. The Bertz CT molecular complexity index is 375. The zero-order valence-corrected chi connectivity index (χ0v) is 16.0. The Morgan fingerprint density at radius 2 is 2.05 bits per heavy atom. The van der Waals surface area contributed by atoms with Crippen molar-refractivity contribution in [3.8, 4) is 0 Å². The summed E-state index contributed by atoms with van der Waals surface area (Å²) in [5, 5.41) is 10.9. The van der Waals surface area contributed by atoms with E-state index < -0.39 is 0 Å². The van der Waals surface area contributed by atoms with E-state index in [9.17, 15) is 0 Å². The Morgan fingerprint density at radius 1 is 1.29 bits per heavy atom. The predicted molar refractivity (Wildman–Crippen MR) is 100 cm³/mol. The average Bonchev–Trinajstić information content (AvgIpc) is 2.88. The third kappa shape index (κ3) is 9.71. The first kappa shape index (κ1) is 20.2. The van der Waals surface area contributed by atoms with Gasteiger partial charge in [-0.2, -0.15) is 5.10 Å². The average molecular weight is 407 g/mol. The van der Waals surface area contributed by atoms with E-state index >= 15 is 0 Å². The van der Waals surface area contributed by atoms with Crippen LogP contribution in [0.3, 0.4) is 0 Å². The third-order valence-electron chi connectivity index (χ3n) is 2.98. The highest BCUT2D eigenvalue weighted by atomic mass is 127. The predicted octanol–water partition coefficient (Wildman–Crippen LogP) is 2.74. The van der Waals surface area contributed by atoms with E-state index in [0.717, 1.165) is 38.6 Å². The molecule has 122 valence electrons. The van der Waals surface area contributed by atoms with Gasteiger partial charge in [-0.15, -0.1) is 24.0 Å². The second-order valence-corrected chi connectivity index (χ2v) is 5.66. The highest BCUT2D eigenvalue weighted by molar-refractivity contribution is 14.0. The minimum absolute atomic E-state index is 0. The van der Waals surface area contributed by atoms with Gasteiger partial charge in [0, 0.05) is 38.6 Å². The molecule has 1 rings (SSSR count). The summed E-state index contributed by atoms with van der Waals surface area (Å²) in [6.07, 6.45) is 4.97. The van der Waals surface area contributed by atoms with Crippen LogP contribution in [0.25, 0.3) is 0 Å². The Morgan fingerprint density at radius 3 is 2.62 bits per heavy atom. The lowest BCUT2D eigenvalue weighted by Gasteiger charge is -2.14. The van der Waals surface area contributed by atoms with Crippen LogP contribution in [0.2, 0.25) is 0 Å². The maximum atomic E-state index is 4.64. The summed E-state index contributed by atoms with van der Waals surface area (Å²) < 4.78 is 1.96. The van der Waals surface area contributed by atoms with Crippen molar-refractivity contribution in [2.24, 2.45) is 16.8 Å². The first-order chi connectivity index (χ1) is 9.61. The molecule has 1 atom stereocenters. The molecule has 6 heteroatoms. The van der Waals surface area contributed by atoms with Gasteiger partial charge in [0.25, 0.3) is 0 Å². The van der Waals surface area contributed by atoms with E-state index in [0.29, 0.717) is 11.8 Å². The van der Waals surface area contributed by atoms with Gasteiger partial charge in [0.15, 0.2) is 5.96 Å². The van der Waals surface area contributed by atoms with Crippen LogP contribution >= 0.6 is 24.0 Å². The lowest BCUT2D eigenvalue weighted by atomic mass is 10.1. The van der Waals surface area contributed by atoms with Gasteiger partial charge in [-0.25, -0.2) is 0 Å². The molecule has 5 nitrogen and oxygen atoms in total. The molecule has 1 unspecified atom stereocenters. The molecule has 1 aromatic rings. The summed E-state index contributed by atoms with van der Waals surface area (Å²) in [4.78, 5) is 4.64. The first-order valence-electron chi connectivity index (χ1n) is 7.61. The second kappa shape index (κ2) is 11.8. The standard InChI is InChI=1S/C15H29N5.HI/c1-5-16-15(17-9-7-13(2)3)18-11-14(4)12-20-10-6-8-19-20;/h6,8,10,13-14H,5,7,9,11-12H2,1-4H3,(H2,16,17,18);1H. The molecule has 1 heterocycles. The van der Waals surface area contributed by atoms with E-state index in [1.807, 2.05) is 23.1 Å². The summed E-state index contributed by atoms with van der Waals surface area (Å²) in [7, 11) is 0. The van der Waals surface area contributed by atoms with Gasteiger partial charge in [-0.05, 0) is 31.2 Å². The molecule has 2 N–H and O–H groups in total. The van der Waals surface area contributed by atoms with Crippen molar-refractivity contribution < 1.29 is 0 Å². The van der Waals surface area contributed by atoms with Gasteiger partial charge in [0.2, 0.25) is 0 Å². The molecule has 0 radical (unpaired) electrons. The molecular weight excluding hydrogens is 377 g/mol. The molecule has 0 aliphatic rings. The van der Waals surface area contributed by atoms with Crippen LogP contribution in [0.1, 0.15) is 34.1 Å². The topological polar surface area (TPSA) is 54.2 Å². The molecule has 21 heavy (non-hydrogen) atoms. The fourth-order valence-corrected chi connectivity index (χ4v) is 1.85. The summed E-state index contributed by atoms with van der Waals surface area (Å²) in [5.74, 6) is 2.10. The first-order valence-corrected chi connectivity index (χ1v) is 7.61. The second-order valence-electron chi connectivity index (χ2n) is 5.66. The number of hydrogen-bond acceptors (Lipinski definition) is 2. The van der Waals surface area contributed by atoms with E-state index in [2.05, 4.69) is 48.4 Å². The van der Waals surface area contributed by atoms with Gasteiger partial charge < -0.3 is 10.6 Å². The van der Waals surface area contributed by atoms with Crippen LogP contribution in [0.4, 0.5) is 0 Å². The molecule has 0 fully saturated rings. The van der Waals surface area contributed by atoms with Crippen molar-refractivity contribution in [2.45, 2.75) is 40.7 Å². The Kier molecular flexibility index (Phi) is 11.4. The zero-order chi connectivity index (χ0) is 14.8. The van der Waals surface area contributed by atoms with Gasteiger partial charge in [0.05, 0.1) is 0 Å². The lowest BCUT2D eigenvalue weighted by Crippen LogP contribution is -2.38. The Labute approximate surface area is 146 Å². The van der Waals surface area contributed by atoms with Crippen molar-refractivity contribution >= 4 is 29.9 Å². The van der Waals surface area contributed by atoms with Gasteiger partial charge in [-0.1, -0.05) is 20.8 Å². The molecule has 0 bridgehead atoms. The maximum absolute atomic E-state index is 4.64. The van der Waals surface area contributed by atoms with Crippen LogP contribution in [0.5, 0.6) is 0 Å². The molecule has 0 saturated heterocycles.